The van der Waals surface area contributed by atoms with E-state index >= 15 is 0 Å². The number of ether oxygens (including phenoxy) is 5. The lowest BCUT2D eigenvalue weighted by atomic mass is 10.1. The second kappa shape index (κ2) is 12.8. The molecule has 39 heavy (non-hydrogen) atoms. The Balaban J connectivity index is 1.95. The third-order valence-corrected chi connectivity index (χ3v) is 7.74. The van der Waals surface area contributed by atoms with Crippen LogP contribution in [0.2, 0.25) is 5.02 Å². The maximum absolute atomic E-state index is 13.9. The normalized spacial score (nSPS) is 10.9. The van der Waals surface area contributed by atoms with E-state index in [1.54, 1.807) is 12.1 Å². The molecule has 0 bridgehead atoms. The van der Waals surface area contributed by atoms with E-state index in [0.717, 1.165) is 16.4 Å². The van der Waals surface area contributed by atoms with Crippen molar-refractivity contribution < 1.29 is 41.3 Å². The number of benzene rings is 3. The van der Waals surface area contributed by atoms with Crippen LogP contribution in [0.3, 0.4) is 0 Å². The van der Waals surface area contributed by atoms with Crippen molar-refractivity contribution in [2.24, 2.45) is 0 Å². The molecule has 0 radical (unpaired) electrons. The van der Waals surface area contributed by atoms with Gasteiger partial charge < -0.3 is 29.0 Å². The molecule has 1 N–H and O–H groups in total. The van der Waals surface area contributed by atoms with Gasteiger partial charge in [0.15, 0.2) is 23.0 Å². The molecule has 0 aliphatic carbocycles. The van der Waals surface area contributed by atoms with Crippen molar-refractivity contribution in [3.63, 3.8) is 0 Å². The summed E-state index contributed by atoms with van der Waals surface area (Å²) < 4.78 is 68.6. The van der Waals surface area contributed by atoms with E-state index in [2.05, 4.69) is 5.32 Å². The first-order valence-corrected chi connectivity index (χ1v) is 13.2. The molecule has 13 heteroatoms. The molecule has 3 rings (SSSR count). The second-order valence-electron chi connectivity index (χ2n) is 7.90. The number of sulfonamides is 1. The van der Waals surface area contributed by atoms with Gasteiger partial charge >= 0.3 is 0 Å². The number of methoxy groups -OCH3 is 5. The average Bonchev–Trinajstić information content (AvgIpc) is 2.94. The number of hydrogen-bond donors (Lipinski definition) is 1. The molecule has 0 fully saturated rings. The summed E-state index contributed by atoms with van der Waals surface area (Å²) in [4.78, 5) is 12.9. The second-order valence-corrected chi connectivity index (χ2v) is 10.2. The molecule has 0 heterocycles. The van der Waals surface area contributed by atoms with Crippen molar-refractivity contribution in [3.8, 4) is 28.7 Å². The highest BCUT2D eigenvalue weighted by atomic mass is 35.5. The van der Waals surface area contributed by atoms with E-state index < -0.39 is 28.3 Å². The Kier molecular flexibility index (Phi) is 9.71. The van der Waals surface area contributed by atoms with Gasteiger partial charge in [0.05, 0.1) is 51.2 Å². The number of nitrogens with one attached hydrogen (secondary N) is 1. The molecular weight excluding hydrogens is 555 g/mol. The van der Waals surface area contributed by atoms with Gasteiger partial charge in [-0.25, -0.2) is 12.8 Å². The minimum atomic E-state index is -4.36. The minimum Gasteiger partial charge on any atom is -0.493 e. The molecule has 10 nitrogen and oxygen atoms in total. The Morgan fingerprint density at radius 3 is 2.08 bits per heavy atom. The van der Waals surface area contributed by atoms with E-state index in [0.29, 0.717) is 28.6 Å². The monoisotopic (exact) mass is 582 g/mol. The predicted molar refractivity (Wildman–Crippen MR) is 143 cm³/mol. The van der Waals surface area contributed by atoms with Crippen LogP contribution in [0.5, 0.6) is 28.7 Å². The molecule has 0 aliphatic rings. The van der Waals surface area contributed by atoms with Crippen molar-refractivity contribution in [1.82, 2.24) is 5.32 Å². The third-order valence-electron chi connectivity index (χ3n) is 5.68. The van der Waals surface area contributed by atoms with Crippen LogP contribution in [0.4, 0.5) is 10.1 Å². The van der Waals surface area contributed by atoms with Gasteiger partial charge in [-0.1, -0.05) is 11.6 Å². The smallest absolute Gasteiger partial charge is 0.264 e. The predicted octanol–water partition coefficient (Wildman–Crippen LogP) is 4.03. The Morgan fingerprint density at radius 2 is 1.49 bits per heavy atom. The van der Waals surface area contributed by atoms with Crippen LogP contribution in [0, 0.1) is 5.82 Å². The summed E-state index contributed by atoms with van der Waals surface area (Å²) in [6.45, 7) is -0.662. The van der Waals surface area contributed by atoms with Gasteiger partial charge in [0.1, 0.15) is 12.4 Å². The van der Waals surface area contributed by atoms with E-state index in [4.69, 9.17) is 35.3 Å². The molecule has 0 spiro atoms. The lowest BCUT2D eigenvalue weighted by Crippen LogP contribution is -2.40. The fraction of sp³-hybridized carbons (Fsp3) is 0.269. The van der Waals surface area contributed by atoms with Gasteiger partial charge in [-0.05, 0) is 42.5 Å². The number of rotatable bonds is 12. The van der Waals surface area contributed by atoms with Crippen LogP contribution in [0.1, 0.15) is 5.56 Å². The highest BCUT2D eigenvalue weighted by Crippen LogP contribution is 2.39. The lowest BCUT2D eigenvalue weighted by molar-refractivity contribution is -0.119. The summed E-state index contributed by atoms with van der Waals surface area (Å²) in [5.41, 5.74) is 0.539. The molecule has 0 aliphatic heterocycles. The summed E-state index contributed by atoms with van der Waals surface area (Å²) in [5, 5.41) is 2.37. The van der Waals surface area contributed by atoms with Crippen LogP contribution in [0.25, 0.3) is 0 Å². The van der Waals surface area contributed by atoms with E-state index in [9.17, 15) is 17.6 Å². The van der Waals surface area contributed by atoms with Crippen molar-refractivity contribution >= 4 is 33.2 Å². The first-order chi connectivity index (χ1) is 18.6. The number of anilines is 1. The molecule has 0 saturated heterocycles. The zero-order valence-corrected chi connectivity index (χ0v) is 23.5. The summed E-state index contributed by atoms with van der Waals surface area (Å²) in [6, 6.07) is 10.7. The topological polar surface area (TPSA) is 113 Å². The number of nitrogens with zero attached hydrogens (tertiary/aromatic N) is 1. The van der Waals surface area contributed by atoms with Crippen LogP contribution in [0.15, 0.2) is 53.4 Å². The standard InChI is InChI=1S/C26H28ClFN2O8S/c1-34-21-11-8-18(13-23(21)36-3)39(32,33)30(17-7-9-20(28)19(27)12-17)15-24(31)29-14-16-6-10-22(35-2)26(38-5)25(16)37-4/h6-13H,14-15H2,1-5H3,(H,29,31). The molecule has 0 aromatic heterocycles. The van der Waals surface area contributed by atoms with Gasteiger partial charge in [-0.2, -0.15) is 0 Å². The molecule has 3 aromatic carbocycles. The van der Waals surface area contributed by atoms with Crippen LogP contribution >= 0.6 is 11.6 Å². The Labute approximate surface area is 231 Å². The maximum Gasteiger partial charge on any atom is 0.264 e. The van der Waals surface area contributed by atoms with Crippen molar-refractivity contribution in [2.75, 3.05) is 46.4 Å². The summed E-state index contributed by atoms with van der Waals surface area (Å²) in [7, 11) is 2.79. The van der Waals surface area contributed by atoms with E-state index in [-0.39, 0.29) is 27.9 Å². The van der Waals surface area contributed by atoms with Crippen molar-refractivity contribution in [3.05, 3.63) is 64.9 Å². The van der Waals surface area contributed by atoms with Gasteiger partial charge in [0.2, 0.25) is 11.7 Å². The number of carbonyl (C=O) groups excluding carboxylic acids is 1. The average molecular weight is 583 g/mol. The Bertz CT molecular complexity index is 1450. The van der Waals surface area contributed by atoms with E-state index in [1.165, 1.54) is 59.8 Å². The van der Waals surface area contributed by atoms with Gasteiger partial charge in [0.25, 0.3) is 10.0 Å². The number of hydrogen-bond acceptors (Lipinski definition) is 8. The van der Waals surface area contributed by atoms with Crippen LogP contribution < -0.4 is 33.3 Å². The first-order valence-electron chi connectivity index (χ1n) is 11.4. The van der Waals surface area contributed by atoms with Crippen molar-refractivity contribution in [1.29, 1.82) is 0 Å². The van der Waals surface area contributed by atoms with Crippen LogP contribution in [-0.2, 0) is 21.4 Å². The molecule has 0 atom stereocenters. The highest BCUT2D eigenvalue weighted by Gasteiger charge is 2.29. The minimum absolute atomic E-state index is 0.0171. The summed E-state index contributed by atoms with van der Waals surface area (Å²) in [6.07, 6.45) is 0. The zero-order chi connectivity index (χ0) is 28.7. The SMILES string of the molecule is COc1ccc(S(=O)(=O)N(CC(=O)NCc2ccc(OC)c(OC)c2OC)c2ccc(F)c(Cl)c2)cc1OC. The molecular formula is C26H28ClFN2O8S. The Hall–Kier alpha value is -3.90. The highest BCUT2D eigenvalue weighted by molar-refractivity contribution is 7.92. The van der Waals surface area contributed by atoms with Gasteiger partial charge in [0, 0.05) is 18.2 Å². The van der Waals surface area contributed by atoms with Crippen LogP contribution in [-0.4, -0.2) is 56.4 Å². The maximum atomic E-state index is 13.9. The summed E-state index contributed by atoms with van der Waals surface area (Å²) >= 11 is 5.94. The molecule has 1 amide bonds. The van der Waals surface area contributed by atoms with E-state index in [1.807, 2.05) is 0 Å². The number of amides is 1. The molecule has 0 unspecified atom stereocenters. The molecule has 0 saturated carbocycles. The fourth-order valence-electron chi connectivity index (χ4n) is 3.74. The van der Waals surface area contributed by atoms with Crippen molar-refractivity contribution in [2.45, 2.75) is 11.4 Å². The molecule has 210 valence electrons. The lowest BCUT2D eigenvalue weighted by Gasteiger charge is -2.25. The Morgan fingerprint density at radius 1 is 0.846 bits per heavy atom. The first kappa shape index (κ1) is 29.7. The third kappa shape index (κ3) is 6.40. The quantitative estimate of drug-likeness (QED) is 0.341. The van der Waals surface area contributed by atoms with Gasteiger partial charge in [-0.15, -0.1) is 0 Å². The zero-order valence-electron chi connectivity index (χ0n) is 21.9. The number of halogens is 2. The largest absolute Gasteiger partial charge is 0.493 e. The summed E-state index contributed by atoms with van der Waals surface area (Å²) in [5.74, 6) is 0.202. The fourth-order valence-corrected chi connectivity index (χ4v) is 5.35. The number of carbonyl (C=O) groups is 1. The molecule has 3 aromatic rings. The van der Waals surface area contributed by atoms with Gasteiger partial charge in [-0.3, -0.25) is 9.10 Å².